The minimum Gasteiger partial charge on any atom is -0.378 e. The SMILES string of the molecule is CC(CN)(Cc1ccc(Cl)cc1)Nc1ccc(F)c(Br)c1. The molecule has 112 valence electrons. The molecule has 0 saturated carbocycles. The Bertz CT molecular complexity index is 618. The molecule has 21 heavy (non-hydrogen) atoms. The van der Waals surface area contributed by atoms with Crippen LogP contribution in [0.4, 0.5) is 10.1 Å². The second kappa shape index (κ2) is 6.77. The van der Waals surface area contributed by atoms with Gasteiger partial charge in [0.1, 0.15) is 5.82 Å². The van der Waals surface area contributed by atoms with Gasteiger partial charge >= 0.3 is 0 Å². The van der Waals surface area contributed by atoms with Crippen LogP contribution in [0, 0.1) is 5.82 Å². The second-order valence-corrected chi connectivity index (χ2v) is 6.61. The van der Waals surface area contributed by atoms with Crippen molar-refractivity contribution in [2.75, 3.05) is 11.9 Å². The topological polar surface area (TPSA) is 38.0 Å². The zero-order valence-electron chi connectivity index (χ0n) is 11.7. The van der Waals surface area contributed by atoms with Crippen LogP contribution in [0.1, 0.15) is 12.5 Å². The number of hydrogen-bond acceptors (Lipinski definition) is 2. The van der Waals surface area contributed by atoms with Crippen molar-refractivity contribution in [3.63, 3.8) is 0 Å². The van der Waals surface area contributed by atoms with Gasteiger partial charge in [0.05, 0.1) is 10.0 Å². The zero-order chi connectivity index (χ0) is 15.5. The lowest BCUT2D eigenvalue weighted by Gasteiger charge is -2.31. The lowest BCUT2D eigenvalue weighted by Crippen LogP contribution is -2.44. The number of benzene rings is 2. The van der Waals surface area contributed by atoms with Gasteiger partial charge in [0.25, 0.3) is 0 Å². The maximum atomic E-state index is 13.3. The van der Waals surface area contributed by atoms with Crippen molar-refractivity contribution < 1.29 is 4.39 Å². The van der Waals surface area contributed by atoms with Gasteiger partial charge in [-0.25, -0.2) is 4.39 Å². The third-order valence-electron chi connectivity index (χ3n) is 3.32. The van der Waals surface area contributed by atoms with Crippen molar-refractivity contribution >= 4 is 33.2 Å². The van der Waals surface area contributed by atoms with Gasteiger partial charge in [0.15, 0.2) is 0 Å². The standard InChI is InChI=1S/C16H17BrClFN2/c1-16(10-20,9-11-2-4-12(18)5-3-11)21-13-6-7-15(19)14(17)8-13/h2-8,21H,9-10,20H2,1H3. The van der Waals surface area contributed by atoms with Crippen LogP contribution in [-0.4, -0.2) is 12.1 Å². The number of hydrogen-bond donors (Lipinski definition) is 2. The lowest BCUT2D eigenvalue weighted by atomic mass is 9.92. The van der Waals surface area contributed by atoms with Crippen LogP contribution in [0.2, 0.25) is 5.02 Å². The fourth-order valence-corrected chi connectivity index (χ4v) is 2.65. The van der Waals surface area contributed by atoms with E-state index in [-0.39, 0.29) is 11.4 Å². The number of nitrogens with one attached hydrogen (secondary N) is 1. The summed E-state index contributed by atoms with van der Waals surface area (Å²) in [4.78, 5) is 0. The van der Waals surface area contributed by atoms with Crippen LogP contribution in [0.25, 0.3) is 0 Å². The van der Waals surface area contributed by atoms with Crippen molar-refractivity contribution in [2.45, 2.75) is 18.9 Å². The number of rotatable bonds is 5. The predicted octanol–water partition coefficient (Wildman–Crippen LogP) is 4.61. The Morgan fingerprint density at radius 1 is 1.24 bits per heavy atom. The highest BCUT2D eigenvalue weighted by Gasteiger charge is 2.23. The largest absolute Gasteiger partial charge is 0.378 e. The van der Waals surface area contributed by atoms with Crippen molar-refractivity contribution in [3.05, 3.63) is 63.3 Å². The van der Waals surface area contributed by atoms with E-state index < -0.39 is 0 Å². The molecule has 0 radical (unpaired) electrons. The van der Waals surface area contributed by atoms with Gasteiger partial charge in [-0.3, -0.25) is 0 Å². The highest BCUT2D eigenvalue weighted by atomic mass is 79.9. The second-order valence-electron chi connectivity index (χ2n) is 5.32. The Hall–Kier alpha value is -1.10. The predicted molar refractivity (Wildman–Crippen MR) is 90.3 cm³/mol. The van der Waals surface area contributed by atoms with E-state index in [2.05, 4.69) is 21.2 Å². The molecule has 1 unspecified atom stereocenters. The van der Waals surface area contributed by atoms with Gasteiger partial charge in [0.2, 0.25) is 0 Å². The number of nitrogens with two attached hydrogens (primary N) is 1. The molecule has 2 aromatic rings. The Labute approximate surface area is 137 Å². The molecule has 0 aliphatic rings. The minimum atomic E-state index is -0.328. The molecule has 0 amide bonds. The molecule has 0 bridgehead atoms. The van der Waals surface area contributed by atoms with Crippen molar-refractivity contribution in [2.24, 2.45) is 5.73 Å². The third-order valence-corrected chi connectivity index (χ3v) is 4.18. The molecule has 0 saturated heterocycles. The number of anilines is 1. The molecule has 0 fully saturated rings. The minimum absolute atomic E-state index is 0.285. The maximum absolute atomic E-state index is 13.3. The van der Waals surface area contributed by atoms with Gasteiger partial charge in [0, 0.05) is 17.3 Å². The first-order valence-corrected chi connectivity index (χ1v) is 7.77. The summed E-state index contributed by atoms with van der Waals surface area (Å²) in [6.07, 6.45) is 0.746. The molecule has 2 nitrogen and oxygen atoms in total. The fraction of sp³-hybridized carbons (Fsp3) is 0.250. The summed E-state index contributed by atoms with van der Waals surface area (Å²) in [5, 5.41) is 4.09. The molecule has 3 N–H and O–H groups in total. The zero-order valence-corrected chi connectivity index (χ0v) is 14.0. The molecule has 5 heteroatoms. The third kappa shape index (κ3) is 4.43. The fourth-order valence-electron chi connectivity index (χ4n) is 2.14. The average molecular weight is 372 g/mol. The van der Waals surface area contributed by atoms with E-state index in [4.69, 9.17) is 17.3 Å². The molecule has 2 rings (SSSR count). The highest BCUT2D eigenvalue weighted by Crippen LogP contribution is 2.24. The average Bonchev–Trinajstić information content (AvgIpc) is 2.45. The Morgan fingerprint density at radius 3 is 2.48 bits per heavy atom. The smallest absolute Gasteiger partial charge is 0.137 e. The van der Waals surface area contributed by atoms with Crippen LogP contribution in [-0.2, 0) is 6.42 Å². The van der Waals surface area contributed by atoms with Crippen molar-refractivity contribution in [3.8, 4) is 0 Å². The van der Waals surface area contributed by atoms with Gasteiger partial charge in [-0.1, -0.05) is 23.7 Å². The van der Waals surface area contributed by atoms with Crippen LogP contribution in [0.3, 0.4) is 0 Å². The first kappa shape index (κ1) is 16.3. The van der Waals surface area contributed by atoms with Crippen LogP contribution >= 0.6 is 27.5 Å². The normalized spacial score (nSPS) is 13.8. The molecule has 0 spiro atoms. The van der Waals surface area contributed by atoms with E-state index in [1.165, 1.54) is 6.07 Å². The van der Waals surface area contributed by atoms with Gasteiger partial charge < -0.3 is 11.1 Å². The molecular weight excluding hydrogens is 355 g/mol. The Balaban J connectivity index is 2.16. The van der Waals surface area contributed by atoms with E-state index in [0.717, 1.165) is 17.7 Å². The van der Waals surface area contributed by atoms with Crippen molar-refractivity contribution in [1.82, 2.24) is 0 Å². The molecule has 0 aromatic heterocycles. The summed E-state index contributed by atoms with van der Waals surface area (Å²) >= 11 is 9.09. The molecule has 0 aliphatic carbocycles. The van der Waals surface area contributed by atoms with Gasteiger partial charge in [-0.2, -0.15) is 0 Å². The quantitative estimate of drug-likeness (QED) is 0.805. The van der Waals surface area contributed by atoms with Crippen LogP contribution in [0.5, 0.6) is 0 Å². The van der Waals surface area contributed by atoms with Crippen molar-refractivity contribution in [1.29, 1.82) is 0 Å². The maximum Gasteiger partial charge on any atom is 0.137 e. The number of halogens is 3. The van der Waals surface area contributed by atoms with Gasteiger partial charge in [-0.05, 0) is 65.2 Å². The van der Waals surface area contributed by atoms with Crippen LogP contribution < -0.4 is 11.1 Å². The van der Waals surface area contributed by atoms with E-state index in [9.17, 15) is 4.39 Å². The summed E-state index contributed by atoms with van der Waals surface area (Å²) < 4.78 is 13.7. The van der Waals surface area contributed by atoms with E-state index >= 15 is 0 Å². The molecule has 2 aromatic carbocycles. The summed E-state index contributed by atoms with van der Waals surface area (Å²) in [7, 11) is 0. The van der Waals surface area contributed by atoms with E-state index in [1.54, 1.807) is 12.1 Å². The summed E-state index contributed by atoms with van der Waals surface area (Å²) in [5.74, 6) is -0.285. The molecular formula is C16H17BrClFN2. The summed E-state index contributed by atoms with van der Waals surface area (Å²) in [6, 6.07) is 12.5. The Morgan fingerprint density at radius 2 is 1.90 bits per heavy atom. The lowest BCUT2D eigenvalue weighted by molar-refractivity contribution is 0.520. The molecule has 1 atom stereocenters. The van der Waals surface area contributed by atoms with E-state index in [1.807, 2.05) is 31.2 Å². The Kier molecular flexibility index (Phi) is 5.25. The molecule has 0 heterocycles. The van der Waals surface area contributed by atoms with Gasteiger partial charge in [-0.15, -0.1) is 0 Å². The summed E-state index contributed by atoms with van der Waals surface area (Å²) in [5.41, 5.74) is 7.56. The molecule has 0 aliphatic heterocycles. The summed E-state index contributed by atoms with van der Waals surface area (Å²) in [6.45, 7) is 2.49. The highest BCUT2D eigenvalue weighted by molar-refractivity contribution is 9.10. The van der Waals surface area contributed by atoms with E-state index in [0.29, 0.717) is 16.0 Å². The first-order chi connectivity index (χ1) is 9.92. The van der Waals surface area contributed by atoms with Crippen LogP contribution in [0.15, 0.2) is 46.9 Å². The monoisotopic (exact) mass is 370 g/mol. The first-order valence-electron chi connectivity index (χ1n) is 6.60.